The molecule has 0 saturated carbocycles. The van der Waals surface area contributed by atoms with Crippen LogP contribution in [0.25, 0.3) is 16.6 Å². The van der Waals surface area contributed by atoms with Crippen LogP contribution in [0.1, 0.15) is 12.7 Å². The molecule has 3 heterocycles. The minimum Gasteiger partial charge on any atom is -0.493 e. The predicted octanol–water partition coefficient (Wildman–Crippen LogP) is 1.43. The van der Waals surface area contributed by atoms with Gasteiger partial charge in [0.05, 0.1) is 26.3 Å². The number of piperazine rings is 1. The summed E-state index contributed by atoms with van der Waals surface area (Å²) in [6.07, 6.45) is 1.79. The lowest BCUT2D eigenvalue weighted by Crippen LogP contribution is -2.45. The Balaban J connectivity index is 1.67. The van der Waals surface area contributed by atoms with Gasteiger partial charge < -0.3 is 14.4 Å². The molecule has 3 aromatic rings. The Kier molecular flexibility index (Phi) is 4.60. The number of nitrogens with zero attached hydrogens (tertiary/aromatic N) is 6. The van der Waals surface area contributed by atoms with E-state index in [4.69, 9.17) is 9.47 Å². The summed E-state index contributed by atoms with van der Waals surface area (Å²) in [5, 5.41) is 9.74. The molecule has 138 valence electrons. The summed E-state index contributed by atoms with van der Waals surface area (Å²) in [4.78, 5) is 9.45. The number of hydrogen-bond donors (Lipinski definition) is 0. The van der Waals surface area contributed by atoms with Gasteiger partial charge in [-0.1, -0.05) is 6.92 Å². The van der Waals surface area contributed by atoms with Crippen LogP contribution in [0.5, 0.6) is 11.5 Å². The van der Waals surface area contributed by atoms with E-state index < -0.39 is 0 Å². The lowest BCUT2D eigenvalue weighted by molar-refractivity contribution is 0.129. The second-order valence-corrected chi connectivity index (χ2v) is 6.49. The van der Waals surface area contributed by atoms with Crippen molar-refractivity contribution in [2.24, 2.45) is 0 Å². The maximum Gasteiger partial charge on any atom is 0.171 e. The summed E-state index contributed by atoms with van der Waals surface area (Å²) >= 11 is 0. The summed E-state index contributed by atoms with van der Waals surface area (Å²) in [7, 11) is 3.25. The van der Waals surface area contributed by atoms with Gasteiger partial charge in [-0.05, 0) is 12.6 Å². The highest BCUT2D eigenvalue weighted by Crippen LogP contribution is 2.32. The van der Waals surface area contributed by atoms with Crippen LogP contribution in [0.4, 0.5) is 0 Å². The second kappa shape index (κ2) is 7.05. The Morgan fingerprint density at radius 3 is 2.35 bits per heavy atom. The number of hydrogen-bond acceptors (Lipinski definition) is 7. The zero-order valence-corrected chi connectivity index (χ0v) is 15.5. The van der Waals surface area contributed by atoms with Crippen LogP contribution in [-0.2, 0) is 6.54 Å². The molecular weight excluding hydrogens is 332 g/mol. The summed E-state index contributed by atoms with van der Waals surface area (Å²) in [6.45, 7) is 8.41. The minimum absolute atomic E-state index is 0.658. The van der Waals surface area contributed by atoms with E-state index >= 15 is 0 Å². The molecule has 8 heteroatoms. The first kappa shape index (κ1) is 17.0. The maximum atomic E-state index is 5.42. The highest BCUT2D eigenvalue weighted by atomic mass is 16.5. The number of rotatable bonds is 5. The maximum absolute atomic E-state index is 5.42. The Bertz CT molecular complexity index is 917. The first-order chi connectivity index (χ1) is 12.7. The summed E-state index contributed by atoms with van der Waals surface area (Å²) < 4.78 is 12.8. The number of methoxy groups -OCH3 is 2. The molecule has 1 aromatic carbocycles. The quantitative estimate of drug-likeness (QED) is 0.685. The van der Waals surface area contributed by atoms with Gasteiger partial charge in [-0.15, -0.1) is 10.2 Å². The Labute approximate surface area is 152 Å². The fourth-order valence-electron chi connectivity index (χ4n) is 3.47. The third-order valence-corrected chi connectivity index (χ3v) is 5.10. The summed E-state index contributed by atoms with van der Waals surface area (Å²) in [5.41, 5.74) is 1.60. The number of benzene rings is 1. The van der Waals surface area contributed by atoms with Gasteiger partial charge in [-0.3, -0.25) is 9.30 Å². The number of ether oxygens (including phenoxy) is 2. The summed E-state index contributed by atoms with van der Waals surface area (Å²) in [5.74, 6) is 2.23. The van der Waals surface area contributed by atoms with Crippen LogP contribution >= 0.6 is 0 Å². The van der Waals surface area contributed by atoms with Crippen LogP contribution in [0, 0.1) is 0 Å². The van der Waals surface area contributed by atoms with Gasteiger partial charge in [0.2, 0.25) is 0 Å². The largest absolute Gasteiger partial charge is 0.493 e. The molecule has 0 N–H and O–H groups in total. The average molecular weight is 356 g/mol. The molecule has 0 atom stereocenters. The number of fused-ring (bicyclic) bond motifs is 3. The van der Waals surface area contributed by atoms with Crippen LogP contribution in [-0.4, -0.2) is 76.3 Å². The molecule has 2 aromatic heterocycles. The number of likely N-dealkylation sites (N-methyl/N-ethyl adjacent to an activating group) is 1. The molecule has 1 aliphatic rings. The van der Waals surface area contributed by atoms with E-state index in [-0.39, 0.29) is 0 Å². The Hall–Kier alpha value is -2.45. The number of aromatic nitrogens is 4. The van der Waals surface area contributed by atoms with Crippen molar-refractivity contribution < 1.29 is 9.47 Å². The van der Waals surface area contributed by atoms with Crippen molar-refractivity contribution in [3.8, 4) is 11.5 Å². The molecule has 1 saturated heterocycles. The van der Waals surface area contributed by atoms with Gasteiger partial charge in [0, 0.05) is 37.6 Å². The molecule has 4 rings (SSSR count). The molecule has 0 unspecified atom stereocenters. The highest BCUT2D eigenvalue weighted by Gasteiger charge is 2.19. The first-order valence-corrected chi connectivity index (χ1v) is 8.92. The molecule has 26 heavy (non-hydrogen) atoms. The highest BCUT2D eigenvalue weighted by molar-refractivity contribution is 5.93. The third kappa shape index (κ3) is 2.95. The van der Waals surface area contributed by atoms with Gasteiger partial charge in [0.15, 0.2) is 23.0 Å². The lowest BCUT2D eigenvalue weighted by Gasteiger charge is -2.33. The van der Waals surface area contributed by atoms with E-state index in [9.17, 15) is 0 Å². The molecule has 0 amide bonds. The van der Waals surface area contributed by atoms with Crippen molar-refractivity contribution in [3.63, 3.8) is 0 Å². The monoisotopic (exact) mass is 356 g/mol. The SMILES string of the molecule is CCN1CCN(Cc2nnc3c4cc(OC)c(OC)cc4ncn23)CC1. The Morgan fingerprint density at radius 1 is 0.962 bits per heavy atom. The fourth-order valence-corrected chi connectivity index (χ4v) is 3.47. The van der Waals surface area contributed by atoms with Crippen molar-refractivity contribution in [1.29, 1.82) is 0 Å². The molecule has 0 radical (unpaired) electrons. The van der Waals surface area contributed by atoms with E-state index in [2.05, 4.69) is 31.9 Å². The molecule has 1 aliphatic heterocycles. The van der Waals surface area contributed by atoms with Crippen LogP contribution in [0.15, 0.2) is 18.5 Å². The standard InChI is InChI=1S/C18H24N6O2/c1-4-22-5-7-23(8-6-22)11-17-20-21-18-13-9-15(25-2)16(26-3)10-14(13)19-12-24(17)18/h9-10,12H,4-8,11H2,1-3H3. The van der Waals surface area contributed by atoms with Crippen molar-refractivity contribution in [2.75, 3.05) is 46.9 Å². The molecule has 1 fully saturated rings. The minimum atomic E-state index is 0.658. The van der Waals surface area contributed by atoms with E-state index in [1.165, 1.54) is 0 Å². The van der Waals surface area contributed by atoms with Crippen molar-refractivity contribution in [2.45, 2.75) is 13.5 Å². The van der Waals surface area contributed by atoms with Gasteiger partial charge in [0.1, 0.15) is 6.33 Å². The van der Waals surface area contributed by atoms with Crippen molar-refractivity contribution >= 4 is 16.6 Å². The third-order valence-electron chi connectivity index (χ3n) is 5.10. The fraction of sp³-hybridized carbons (Fsp3) is 0.500. The van der Waals surface area contributed by atoms with Crippen LogP contribution < -0.4 is 9.47 Å². The smallest absolute Gasteiger partial charge is 0.171 e. The molecule has 0 spiro atoms. The zero-order valence-electron chi connectivity index (χ0n) is 15.5. The van der Waals surface area contributed by atoms with E-state index in [1.807, 2.05) is 16.5 Å². The van der Waals surface area contributed by atoms with Gasteiger partial charge in [0.25, 0.3) is 0 Å². The van der Waals surface area contributed by atoms with Gasteiger partial charge in [-0.2, -0.15) is 0 Å². The molecule has 0 bridgehead atoms. The van der Waals surface area contributed by atoms with Gasteiger partial charge >= 0.3 is 0 Å². The topological polar surface area (TPSA) is 68.0 Å². The van der Waals surface area contributed by atoms with E-state index in [1.54, 1.807) is 20.5 Å². The van der Waals surface area contributed by atoms with Gasteiger partial charge in [-0.25, -0.2) is 4.98 Å². The molecule has 8 nitrogen and oxygen atoms in total. The Morgan fingerprint density at radius 2 is 1.65 bits per heavy atom. The van der Waals surface area contributed by atoms with Crippen LogP contribution in [0.3, 0.4) is 0 Å². The summed E-state index contributed by atoms with van der Waals surface area (Å²) in [6, 6.07) is 3.78. The first-order valence-electron chi connectivity index (χ1n) is 8.92. The molecular formula is C18H24N6O2. The van der Waals surface area contributed by atoms with Crippen molar-refractivity contribution in [1.82, 2.24) is 29.4 Å². The van der Waals surface area contributed by atoms with E-state index in [0.29, 0.717) is 11.5 Å². The van der Waals surface area contributed by atoms with E-state index in [0.717, 1.165) is 61.6 Å². The second-order valence-electron chi connectivity index (χ2n) is 6.49. The zero-order chi connectivity index (χ0) is 18.1. The average Bonchev–Trinajstić information content (AvgIpc) is 3.10. The van der Waals surface area contributed by atoms with Crippen molar-refractivity contribution in [3.05, 3.63) is 24.3 Å². The predicted molar refractivity (Wildman–Crippen MR) is 98.8 cm³/mol. The van der Waals surface area contributed by atoms with Crippen LogP contribution in [0.2, 0.25) is 0 Å². The molecule has 0 aliphatic carbocycles. The normalized spacial score (nSPS) is 16.4. The lowest BCUT2D eigenvalue weighted by atomic mass is 10.2.